The summed E-state index contributed by atoms with van der Waals surface area (Å²) in [7, 11) is 0. The number of benzene rings is 3. The van der Waals surface area contributed by atoms with Gasteiger partial charge in [0.15, 0.2) is 0 Å². The predicted octanol–water partition coefficient (Wildman–Crippen LogP) is 2.47. The summed E-state index contributed by atoms with van der Waals surface area (Å²) < 4.78 is 1.41. The van der Waals surface area contributed by atoms with Crippen molar-refractivity contribution in [2.45, 2.75) is 45.3 Å². The van der Waals surface area contributed by atoms with Crippen LogP contribution in [0.1, 0.15) is 41.9 Å². The number of carbonyl (C=O) groups is 5. The molecule has 12 heteroatoms. The smallest absolute Gasteiger partial charge is 0.308 e. The number of hydrogen-bond donors (Lipinski definition) is 4. The molecule has 12 nitrogen and oxygen atoms in total. The first-order valence-corrected chi connectivity index (χ1v) is 14.6. The first-order chi connectivity index (χ1) is 21.4. The van der Waals surface area contributed by atoms with E-state index < -0.39 is 54.1 Å². The van der Waals surface area contributed by atoms with Crippen LogP contribution in [0.2, 0.25) is 0 Å². The molecule has 0 aliphatic carbocycles. The number of nitrogens with two attached hydrogens (primary N) is 2. The summed E-state index contributed by atoms with van der Waals surface area (Å²) in [5.41, 5.74) is 14.2. The minimum absolute atomic E-state index is 0.0137. The Hall–Kier alpha value is -5.23. The number of amides is 3. The average molecular weight is 614 g/mol. The summed E-state index contributed by atoms with van der Waals surface area (Å²) in [5, 5.41) is 23.1. The Morgan fingerprint density at radius 1 is 0.933 bits per heavy atom. The number of primary amides is 1. The molecule has 0 saturated carbocycles. The molecule has 6 N–H and O–H groups in total. The number of carboxylic acids is 2. The molecule has 0 bridgehead atoms. The van der Waals surface area contributed by atoms with E-state index in [1.807, 2.05) is 42.5 Å². The van der Waals surface area contributed by atoms with Gasteiger partial charge in [0, 0.05) is 17.5 Å². The van der Waals surface area contributed by atoms with Crippen molar-refractivity contribution >= 4 is 51.3 Å². The van der Waals surface area contributed by atoms with E-state index in [2.05, 4.69) is 0 Å². The number of carboxylic acid groups (broad SMARTS) is 2. The second-order valence-corrected chi connectivity index (χ2v) is 11.6. The molecule has 0 unspecified atom stereocenters. The van der Waals surface area contributed by atoms with Gasteiger partial charge in [-0.25, -0.2) is 5.01 Å². The second kappa shape index (κ2) is 12.4. The number of aromatic nitrogens is 1. The summed E-state index contributed by atoms with van der Waals surface area (Å²) >= 11 is 0. The molecule has 5 rings (SSSR count). The highest BCUT2D eigenvalue weighted by Gasteiger charge is 2.43. The van der Waals surface area contributed by atoms with Crippen LogP contribution in [0.3, 0.4) is 0 Å². The molecule has 3 aromatic carbocycles. The Balaban J connectivity index is 1.66. The van der Waals surface area contributed by atoms with E-state index in [1.54, 1.807) is 43.0 Å². The van der Waals surface area contributed by atoms with E-state index in [9.17, 15) is 34.2 Å². The molecule has 1 aliphatic rings. The van der Waals surface area contributed by atoms with Gasteiger partial charge in [0.1, 0.15) is 6.04 Å². The van der Waals surface area contributed by atoms with Crippen molar-refractivity contribution in [2.75, 3.05) is 11.6 Å². The van der Waals surface area contributed by atoms with Crippen LogP contribution in [0.5, 0.6) is 0 Å². The molecule has 1 aromatic heterocycles. The maximum atomic E-state index is 14.2. The van der Waals surface area contributed by atoms with Gasteiger partial charge in [-0.15, -0.1) is 0 Å². The van der Waals surface area contributed by atoms with Crippen LogP contribution in [-0.4, -0.2) is 68.1 Å². The van der Waals surface area contributed by atoms with Gasteiger partial charge in [-0.1, -0.05) is 62.4 Å². The number of aliphatic carboxylic acids is 2. The highest BCUT2D eigenvalue weighted by molar-refractivity contribution is 6.03. The van der Waals surface area contributed by atoms with Crippen molar-refractivity contribution in [3.8, 4) is 0 Å². The number of para-hydroxylation sites is 1. The molecule has 1 aliphatic heterocycles. The van der Waals surface area contributed by atoms with Gasteiger partial charge in [0.05, 0.1) is 36.1 Å². The van der Waals surface area contributed by atoms with Gasteiger partial charge in [0.25, 0.3) is 11.8 Å². The third-order valence-corrected chi connectivity index (χ3v) is 8.43. The third kappa shape index (κ3) is 5.84. The fraction of sp³-hybridized carbons (Fsp3) is 0.303. The molecular formula is C33H35N5O7. The highest BCUT2D eigenvalue weighted by Crippen LogP contribution is 2.33. The van der Waals surface area contributed by atoms with Crippen LogP contribution in [0, 0.1) is 11.8 Å². The van der Waals surface area contributed by atoms with Crippen molar-refractivity contribution in [1.29, 1.82) is 0 Å². The molecule has 45 heavy (non-hydrogen) atoms. The van der Waals surface area contributed by atoms with Crippen LogP contribution < -0.4 is 16.5 Å². The Labute approximate surface area is 258 Å². The van der Waals surface area contributed by atoms with Gasteiger partial charge in [-0.05, 0) is 46.9 Å². The van der Waals surface area contributed by atoms with E-state index >= 15 is 0 Å². The molecule has 0 spiro atoms. The monoisotopic (exact) mass is 613 g/mol. The van der Waals surface area contributed by atoms with E-state index in [0.29, 0.717) is 29.7 Å². The summed E-state index contributed by atoms with van der Waals surface area (Å²) in [6, 6.07) is 16.8. The summed E-state index contributed by atoms with van der Waals surface area (Å²) in [6.45, 7) is 3.58. The Bertz CT molecular complexity index is 1830. The highest BCUT2D eigenvalue weighted by atomic mass is 16.4. The van der Waals surface area contributed by atoms with E-state index in [0.717, 1.165) is 26.7 Å². The van der Waals surface area contributed by atoms with Crippen molar-refractivity contribution in [3.05, 3.63) is 83.6 Å². The topological polar surface area (TPSA) is 189 Å². The van der Waals surface area contributed by atoms with Crippen molar-refractivity contribution < 1.29 is 34.2 Å². The fourth-order valence-electron chi connectivity index (χ4n) is 6.24. The first-order valence-electron chi connectivity index (χ1n) is 14.6. The lowest BCUT2D eigenvalue weighted by molar-refractivity contribution is -0.147. The zero-order chi connectivity index (χ0) is 32.6. The van der Waals surface area contributed by atoms with Gasteiger partial charge in [-0.2, -0.15) is 0 Å². The van der Waals surface area contributed by atoms with E-state index in [4.69, 9.17) is 11.5 Å². The molecule has 3 amide bonds. The molecule has 0 saturated heterocycles. The lowest BCUT2D eigenvalue weighted by atomic mass is 9.88. The van der Waals surface area contributed by atoms with Crippen LogP contribution >= 0.6 is 0 Å². The summed E-state index contributed by atoms with van der Waals surface area (Å²) in [4.78, 5) is 66.6. The average Bonchev–Trinajstić information content (AvgIpc) is 3.32. The maximum Gasteiger partial charge on any atom is 0.308 e. The lowest BCUT2D eigenvalue weighted by Crippen LogP contribution is -2.62. The van der Waals surface area contributed by atoms with Gasteiger partial charge < -0.3 is 26.6 Å². The Morgan fingerprint density at radius 3 is 2.24 bits per heavy atom. The Kier molecular flexibility index (Phi) is 8.60. The molecule has 2 heterocycles. The standard InChI is InChI=1S/C33H35N5O7/c1-18(2)28(33(44)45)29(34)32(43)38(25(30(35)41)16-27(39)40)37-24-10-6-5-9-22(24)23-13-14-36(17-26(23)37)31(42)21-12-11-19-7-3-4-8-20(19)15-21/h3-12,15,18,25,28-29H,13-14,16-17,34H2,1-2H3,(H2,35,41)(H,39,40)(H,44,45)/t25-,28+,29-/m0/s1. The van der Waals surface area contributed by atoms with Crippen LogP contribution in [0.4, 0.5) is 0 Å². The van der Waals surface area contributed by atoms with Crippen molar-refractivity contribution in [2.24, 2.45) is 23.3 Å². The summed E-state index contributed by atoms with van der Waals surface area (Å²) in [6.07, 6.45) is -0.450. The number of hydrogen-bond acceptors (Lipinski definition) is 6. The quantitative estimate of drug-likeness (QED) is 0.210. The first kappa shape index (κ1) is 31.2. The molecule has 0 fully saturated rings. The predicted molar refractivity (Wildman–Crippen MR) is 167 cm³/mol. The lowest BCUT2D eigenvalue weighted by Gasteiger charge is -2.37. The minimum Gasteiger partial charge on any atom is -0.481 e. The molecule has 234 valence electrons. The summed E-state index contributed by atoms with van der Waals surface area (Å²) in [5.74, 6) is -6.97. The number of rotatable bonds is 10. The maximum absolute atomic E-state index is 14.2. The van der Waals surface area contributed by atoms with Gasteiger partial charge in [-0.3, -0.25) is 28.6 Å². The second-order valence-electron chi connectivity index (χ2n) is 11.6. The van der Waals surface area contributed by atoms with Crippen LogP contribution in [0.15, 0.2) is 66.7 Å². The number of carbonyl (C=O) groups excluding carboxylic acids is 3. The number of nitrogens with zero attached hydrogens (tertiary/aromatic N) is 3. The minimum atomic E-state index is -1.71. The molecular weight excluding hydrogens is 578 g/mol. The number of fused-ring (bicyclic) bond motifs is 4. The van der Waals surface area contributed by atoms with E-state index in [-0.39, 0.29) is 12.5 Å². The van der Waals surface area contributed by atoms with Gasteiger partial charge >= 0.3 is 11.9 Å². The van der Waals surface area contributed by atoms with Crippen LogP contribution in [0.25, 0.3) is 21.7 Å². The fourth-order valence-corrected chi connectivity index (χ4v) is 6.24. The molecule has 3 atom stereocenters. The van der Waals surface area contributed by atoms with Crippen molar-refractivity contribution in [1.82, 2.24) is 9.58 Å². The molecule has 0 radical (unpaired) electrons. The van der Waals surface area contributed by atoms with Crippen molar-refractivity contribution in [3.63, 3.8) is 0 Å². The van der Waals surface area contributed by atoms with Crippen LogP contribution in [-0.2, 0) is 32.1 Å². The molecule has 4 aromatic rings. The van der Waals surface area contributed by atoms with E-state index in [1.165, 1.54) is 4.68 Å². The SMILES string of the molecule is CC(C)[C@@H](C(=O)O)[C@H](N)C(=O)N([C@@H](CC(=O)O)C(N)=O)n1c2c(c3ccccc31)CCN(C(=O)c1ccc3ccccc3c1)C2. The zero-order valence-electron chi connectivity index (χ0n) is 24.9. The Morgan fingerprint density at radius 2 is 1.60 bits per heavy atom. The largest absolute Gasteiger partial charge is 0.481 e. The normalized spacial score (nSPS) is 15.0. The zero-order valence-corrected chi connectivity index (χ0v) is 24.9. The third-order valence-electron chi connectivity index (χ3n) is 8.43. The van der Waals surface area contributed by atoms with Gasteiger partial charge in [0.2, 0.25) is 5.91 Å².